The number of amides is 8. The van der Waals surface area contributed by atoms with Crippen molar-refractivity contribution >= 4 is 53.2 Å². The SMILES string of the molecule is CC[C@H](C)[C@H](NC(=O)[C@H](C)NC(=O)CNC(=O)[C@@H](NC(=O)[C@@H](N)CC(C)C)[C@@H](C)CC)C(=O)N[C@@H](CC(C)C)C(=O)N[C@@H](CCCCN)C(=O)N[C@H](C(=O)N[C@@H](CC(C)C)C(=O)O)C(C)C. The van der Waals surface area contributed by atoms with Crippen molar-refractivity contribution < 1.29 is 48.3 Å². The van der Waals surface area contributed by atoms with Gasteiger partial charge in [-0.05, 0) is 87.5 Å². The van der Waals surface area contributed by atoms with Crippen LogP contribution in [0.3, 0.4) is 0 Å². The summed E-state index contributed by atoms with van der Waals surface area (Å²) >= 11 is 0. The van der Waals surface area contributed by atoms with E-state index >= 15 is 0 Å². The number of carboxylic acids is 1. The van der Waals surface area contributed by atoms with Crippen LogP contribution in [0.15, 0.2) is 0 Å². The number of unbranched alkanes of at least 4 members (excludes halogenated alkanes) is 1. The summed E-state index contributed by atoms with van der Waals surface area (Å²) in [6.45, 7) is 23.0. The van der Waals surface area contributed by atoms with Gasteiger partial charge in [0.2, 0.25) is 47.3 Å². The quantitative estimate of drug-likeness (QED) is 0.0420. The normalized spacial score (nSPS) is 16.0. The van der Waals surface area contributed by atoms with E-state index in [1.54, 1.807) is 27.7 Å². The van der Waals surface area contributed by atoms with E-state index < -0.39 is 120 Å². The maximum atomic E-state index is 14.0. The lowest BCUT2D eigenvalue weighted by molar-refractivity contribution is -0.143. The molecule has 0 radical (unpaired) electrons. The summed E-state index contributed by atoms with van der Waals surface area (Å²) in [5.41, 5.74) is 11.7. The maximum Gasteiger partial charge on any atom is 0.326 e. The number of carboxylic acid groups (broad SMARTS) is 1. The van der Waals surface area contributed by atoms with E-state index in [1.165, 1.54) is 6.92 Å². The van der Waals surface area contributed by atoms with E-state index in [0.29, 0.717) is 38.6 Å². The number of nitrogens with two attached hydrogens (primary N) is 2. The van der Waals surface area contributed by atoms with Crippen LogP contribution < -0.4 is 54.0 Å². The second-order valence-corrected chi connectivity index (χ2v) is 19.3. The lowest BCUT2D eigenvalue weighted by atomic mass is 9.96. The monoisotopic (exact) mass is 939 g/mol. The third kappa shape index (κ3) is 23.1. The molecule has 380 valence electrons. The Labute approximate surface area is 392 Å². The minimum absolute atomic E-state index is 0.0301. The average molecular weight is 939 g/mol. The van der Waals surface area contributed by atoms with Crippen LogP contribution in [0.25, 0.3) is 0 Å². The van der Waals surface area contributed by atoms with Crippen LogP contribution in [0.2, 0.25) is 0 Å². The van der Waals surface area contributed by atoms with Crippen LogP contribution in [-0.4, -0.2) is 120 Å². The Morgan fingerprint density at radius 2 is 0.924 bits per heavy atom. The summed E-state index contributed by atoms with van der Waals surface area (Å²) in [5, 5.41) is 30.9. The number of carbonyl (C=O) groups excluding carboxylic acids is 8. The van der Waals surface area contributed by atoms with Gasteiger partial charge in [0.25, 0.3) is 0 Å². The highest BCUT2D eigenvalue weighted by Crippen LogP contribution is 2.14. The van der Waals surface area contributed by atoms with Crippen LogP contribution in [0, 0.1) is 35.5 Å². The van der Waals surface area contributed by atoms with Gasteiger partial charge >= 0.3 is 5.97 Å². The third-order valence-corrected chi connectivity index (χ3v) is 11.3. The molecule has 0 aliphatic heterocycles. The van der Waals surface area contributed by atoms with Crippen molar-refractivity contribution in [1.29, 1.82) is 0 Å². The Kier molecular flexibility index (Phi) is 28.9. The van der Waals surface area contributed by atoms with Crippen LogP contribution in [0.4, 0.5) is 0 Å². The second kappa shape index (κ2) is 31.2. The summed E-state index contributed by atoms with van der Waals surface area (Å²) in [6.07, 6.45) is 2.89. The second-order valence-electron chi connectivity index (χ2n) is 19.3. The fourth-order valence-corrected chi connectivity index (χ4v) is 6.93. The molecule has 0 bridgehead atoms. The van der Waals surface area contributed by atoms with E-state index in [4.69, 9.17) is 11.5 Å². The lowest BCUT2D eigenvalue weighted by Crippen LogP contribution is -2.61. The van der Waals surface area contributed by atoms with Gasteiger partial charge in [-0.15, -0.1) is 0 Å². The highest BCUT2D eigenvalue weighted by atomic mass is 16.4. The van der Waals surface area contributed by atoms with Gasteiger partial charge in [-0.1, -0.05) is 95.9 Å². The summed E-state index contributed by atoms with van der Waals surface area (Å²) in [7, 11) is 0. The van der Waals surface area contributed by atoms with Crippen LogP contribution in [0.1, 0.15) is 141 Å². The molecule has 10 atom stereocenters. The van der Waals surface area contributed by atoms with E-state index in [0.717, 1.165) is 0 Å². The van der Waals surface area contributed by atoms with Crippen molar-refractivity contribution in [2.45, 2.75) is 190 Å². The summed E-state index contributed by atoms with van der Waals surface area (Å²) in [4.78, 5) is 119. The van der Waals surface area contributed by atoms with Gasteiger partial charge in [0, 0.05) is 0 Å². The minimum atomic E-state index is -1.20. The average Bonchev–Trinajstić information content (AvgIpc) is 3.22. The van der Waals surface area contributed by atoms with Gasteiger partial charge < -0.3 is 59.1 Å². The Bertz CT molecular complexity index is 1590. The predicted octanol–water partition coefficient (Wildman–Crippen LogP) is 0.943. The molecule has 0 rings (SSSR count). The number of nitrogens with one attached hydrogen (secondary N) is 8. The van der Waals surface area contributed by atoms with E-state index in [2.05, 4.69) is 42.5 Å². The predicted molar refractivity (Wildman–Crippen MR) is 253 cm³/mol. The van der Waals surface area contributed by atoms with E-state index in [9.17, 15) is 48.3 Å². The molecule has 0 saturated heterocycles. The third-order valence-electron chi connectivity index (χ3n) is 11.3. The molecule has 66 heavy (non-hydrogen) atoms. The van der Waals surface area contributed by atoms with Crippen molar-refractivity contribution in [3.05, 3.63) is 0 Å². The molecule has 0 aromatic heterocycles. The first-order chi connectivity index (χ1) is 30.7. The number of aliphatic carboxylic acids is 1. The summed E-state index contributed by atoms with van der Waals surface area (Å²) in [5.74, 6) is -7.53. The molecule has 20 nitrogen and oxygen atoms in total. The molecule has 0 aromatic rings. The van der Waals surface area contributed by atoms with Crippen LogP contribution >= 0.6 is 0 Å². The van der Waals surface area contributed by atoms with Gasteiger partial charge in [-0.25, -0.2) is 4.79 Å². The highest BCUT2D eigenvalue weighted by molar-refractivity contribution is 5.97. The Morgan fingerprint density at radius 3 is 1.41 bits per heavy atom. The molecule has 13 N–H and O–H groups in total. The molecule has 0 heterocycles. The first-order valence-corrected chi connectivity index (χ1v) is 23.8. The molecule has 8 amide bonds. The molecule has 0 fully saturated rings. The molecule has 0 aliphatic rings. The molecular weight excluding hydrogens is 853 g/mol. The summed E-state index contributed by atoms with van der Waals surface area (Å²) in [6, 6.07) is -8.66. The Hall–Kier alpha value is -4.85. The summed E-state index contributed by atoms with van der Waals surface area (Å²) < 4.78 is 0. The van der Waals surface area contributed by atoms with Crippen molar-refractivity contribution in [3.63, 3.8) is 0 Å². The topological polar surface area (TPSA) is 322 Å². The van der Waals surface area contributed by atoms with Crippen molar-refractivity contribution in [3.8, 4) is 0 Å². The maximum absolute atomic E-state index is 14.0. The number of hydrogen-bond donors (Lipinski definition) is 11. The standard InChI is InChI=1S/C46H86N10O10/c1-14-28(11)37(56-40(59)31(48)20-24(3)4)43(62)49-23-35(57)50-30(13)39(58)55-38(29(12)15-2)45(64)52-33(21-25(5)6)42(61)51-32(18-16-17-19-47)41(60)54-36(27(9)10)44(63)53-34(46(65)66)22-26(7)8/h24-34,36-38H,14-23,47-48H2,1-13H3,(H,49,62)(H,50,57)(H,51,61)(H,52,64)(H,53,63)(H,54,60)(H,55,58)(H,56,59)(H,65,66)/t28-,29-,30-,31-,32-,33-,34-,36-,37-,38-/m0/s1. The van der Waals surface area contributed by atoms with Gasteiger partial charge in [-0.3, -0.25) is 38.4 Å². The first kappa shape index (κ1) is 61.1. The molecule has 0 aromatic carbocycles. The molecule has 0 saturated carbocycles. The fourth-order valence-electron chi connectivity index (χ4n) is 6.93. The molecular formula is C46H86N10O10. The van der Waals surface area contributed by atoms with Gasteiger partial charge in [0.1, 0.15) is 42.3 Å². The molecule has 0 unspecified atom stereocenters. The van der Waals surface area contributed by atoms with Crippen molar-refractivity contribution in [2.24, 2.45) is 47.0 Å². The zero-order chi connectivity index (χ0) is 51.0. The van der Waals surface area contributed by atoms with Crippen molar-refractivity contribution in [1.82, 2.24) is 42.5 Å². The van der Waals surface area contributed by atoms with E-state index in [1.807, 2.05) is 55.4 Å². The zero-order valence-corrected chi connectivity index (χ0v) is 41.9. The van der Waals surface area contributed by atoms with Gasteiger partial charge in [0.05, 0.1) is 12.6 Å². The minimum Gasteiger partial charge on any atom is -0.480 e. The largest absolute Gasteiger partial charge is 0.480 e. The zero-order valence-electron chi connectivity index (χ0n) is 41.9. The molecule has 20 heteroatoms. The number of carbonyl (C=O) groups is 9. The number of rotatable bonds is 32. The number of hydrogen-bond acceptors (Lipinski definition) is 11. The van der Waals surface area contributed by atoms with Crippen LogP contribution in [-0.2, 0) is 43.2 Å². The fraction of sp³-hybridized carbons (Fsp3) is 0.804. The van der Waals surface area contributed by atoms with Crippen molar-refractivity contribution in [2.75, 3.05) is 13.1 Å². The smallest absolute Gasteiger partial charge is 0.326 e. The highest BCUT2D eigenvalue weighted by Gasteiger charge is 2.36. The first-order valence-electron chi connectivity index (χ1n) is 23.8. The van der Waals surface area contributed by atoms with E-state index in [-0.39, 0.29) is 42.9 Å². The van der Waals surface area contributed by atoms with Gasteiger partial charge in [0.15, 0.2) is 0 Å². The Morgan fingerprint density at radius 1 is 0.485 bits per heavy atom. The van der Waals surface area contributed by atoms with Crippen LogP contribution in [0.5, 0.6) is 0 Å². The lowest BCUT2D eigenvalue weighted by Gasteiger charge is -2.30. The molecule has 0 spiro atoms. The Balaban J connectivity index is 6.09. The molecule has 0 aliphatic carbocycles. The van der Waals surface area contributed by atoms with Gasteiger partial charge in [-0.2, -0.15) is 0 Å².